The van der Waals surface area contributed by atoms with Crippen molar-refractivity contribution in [3.63, 3.8) is 0 Å². The van der Waals surface area contributed by atoms with E-state index in [0.717, 1.165) is 5.69 Å². The number of nitrogens with two attached hydrogens (primary N) is 1. The van der Waals surface area contributed by atoms with E-state index in [1.54, 1.807) is 18.3 Å². The molecule has 0 saturated heterocycles. The fraction of sp³-hybridized carbons (Fsp3) is 0.389. The molecule has 4 nitrogen and oxygen atoms in total. The van der Waals surface area contributed by atoms with Crippen LogP contribution >= 0.6 is 0 Å². The highest BCUT2D eigenvalue weighted by Crippen LogP contribution is 2.33. The number of benzene rings is 1. The number of pyridine rings is 1. The number of hydrogen-bond acceptors (Lipinski definition) is 3. The normalized spacial score (nSPS) is 14.2. The van der Waals surface area contributed by atoms with Crippen molar-refractivity contribution >= 4 is 11.0 Å². The number of nitrogens with zero attached hydrogens (tertiary/aromatic N) is 1. The molecule has 2 N–H and O–H groups in total. The van der Waals surface area contributed by atoms with E-state index in [1.807, 2.05) is 39.8 Å². The van der Waals surface area contributed by atoms with Crippen LogP contribution in [0.1, 0.15) is 44.4 Å². The summed E-state index contributed by atoms with van der Waals surface area (Å²) in [7, 11) is -1.48. The van der Waals surface area contributed by atoms with Gasteiger partial charge >= 0.3 is 0 Å². The molecule has 24 heavy (non-hydrogen) atoms. The van der Waals surface area contributed by atoms with Crippen LogP contribution in [0, 0.1) is 12.7 Å². The zero-order chi connectivity index (χ0) is 17.9. The fourth-order valence-corrected chi connectivity index (χ4v) is 2.96. The van der Waals surface area contributed by atoms with E-state index in [4.69, 9.17) is 9.88 Å². The van der Waals surface area contributed by atoms with Crippen molar-refractivity contribution in [1.82, 2.24) is 4.98 Å². The van der Waals surface area contributed by atoms with Gasteiger partial charge in [0.1, 0.15) is 17.3 Å². The van der Waals surface area contributed by atoms with Gasteiger partial charge in [-0.25, -0.2) is 8.60 Å². The molecule has 2 aromatic rings. The largest absolute Gasteiger partial charge is 0.456 e. The Bertz CT molecular complexity index is 732. The molecule has 0 bridgehead atoms. The lowest BCUT2D eigenvalue weighted by Gasteiger charge is -2.25. The van der Waals surface area contributed by atoms with Crippen LogP contribution < -0.4 is 9.88 Å². The van der Waals surface area contributed by atoms with E-state index in [-0.39, 0.29) is 11.7 Å². The molecule has 0 radical (unpaired) electrons. The van der Waals surface area contributed by atoms with Crippen molar-refractivity contribution in [2.75, 3.05) is 0 Å². The van der Waals surface area contributed by atoms with E-state index in [2.05, 4.69) is 4.98 Å². The molecule has 1 heterocycles. The van der Waals surface area contributed by atoms with Gasteiger partial charge in [0.15, 0.2) is 0 Å². The fourth-order valence-electron chi connectivity index (χ4n) is 2.54. The van der Waals surface area contributed by atoms with Gasteiger partial charge in [-0.05, 0) is 69.0 Å². The third-order valence-corrected chi connectivity index (χ3v) is 5.22. The van der Waals surface area contributed by atoms with E-state index in [0.29, 0.717) is 23.5 Å². The molecule has 0 spiro atoms. The first kappa shape index (κ1) is 18.5. The quantitative estimate of drug-likeness (QED) is 0.848. The molecule has 1 aromatic heterocycles. The third-order valence-electron chi connectivity index (χ3n) is 3.96. The van der Waals surface area contributed by atoms with Gasteiger partial charge in [0.2, 0.25) is 0 Å². The second kappa shape index (κ2) is 7.40. The Morgan fingerprint density at radius 3 is 2.54 bits per heavy atom. The van der Waals surface area contributed by atoms with Crippen LogP contribution in [0.4, 0.5) is 4.39 Å². The lowest BCUT2D eigenvalue weighted by atomic mass is 9.91. The summed E-state index contributed by atoms with van der Waals surface area (Å²) in [4.78, 5) is 4.17. The smallest absolute Gasteiger partial charge is 0.145 e. The van der Waals surface area contributed by atoms with Gasteiger partial charge in [0, 0.05) is 5.69 Å². The van der Waals surface area contributed by atoms with Crippen molar-refractivity contribution in [1.29, 1.82) is 0 Å². The molecule has 1 unspecified atom stereocenters. The molecule has 0 aliphatic carbocycles. The summed E-state index contributed by atoms with van der Waals surface area (Å²) in [6.45, 7) is 7.42. The zero-order valence-electron chi connectivity index (χ0n) is 14.4. The van der Waals surface area contributed by atoms with Gasteiger partial charge in [0.05, 0.1) is 21.9 Å². The molecule has 2 atom stereocenters. The third kappa shape index (κ3) is 4.61. The molecule has 0 saturated carbocycles. The summed E-state index contributed by atoms with van der Waals surface area (Å²) in [6.07, 6.45) is 2.13. The molecule has 130 valence electrons. The van der Waals surface area contributed by atoms with Crippen molar-refractivity contribution in [2.24, 2.45) is 5.14 Å². The molecular weight excluding hydrogens is 327 g/mol. The number of rotatable bonds is 6. The SMILES string of the molecule is Cc1ccc(Oc2ccc(F)c([C@@H](C)CC(C)(C)S(N)=O)c2)cn1. The Hall–Kier alpha value is -1.79. The predicted octanol–water partition coefficient (Wildman–Crippen LogP) is 4.22. The first-order valence-electron chi connectivity index (χ1n) is 7.75. The minimum absolute atomic E-state index is 0.146. The Kier molecular flexibility index (Phi) is 5.72. The van der Waals surface area contributed by atoms with E-state index >= 15 is 0 Å². The molecule has 0 aliphatic heterocycles. The van der Waals surface area contributed by atoms with Crippen LogP contribution in [-0.4, -0.2) is 13.9 Å². The van der Waals surface area contributed by atoms with Gasteiger partial charge in [-0.2, -0.15) is 0 Å². The van der Waals surface area contributed by atoms with Crippen LogP contribution in [0.2, 0.25) is 0 Å². The van der Waals surface area contributed by atoms with E-state index < -0.39 is 15.7 Å². The molecule has 6 heteroatoms. The molecular formula is C18H23FN2O2S. The Morgan fingerprint density at radius 2 is 1.96 bits per heavy atom. The van der Waals surface area contributed by atoms with Crippen LogP contribution in [0.3, 0.4) is 0 Å². The van der Waals surface area contributed by atoms with Crippen LogP contribution in [0.5, 0.6) is 11.5 Å². The average Bonchev–Trinajstić information content (AvgIpc) is 2.50. The highest BCUT2D eigenvalue weighted by Gasteiger charge is 2.28. The summed E-state index contributed by atoms with van der Waals surface area (Å²) in [5, 5.41) is 5.53. The van der Waals surface area contributed by atoms with Crippen molar-refractivity contribution in [2.45, 2.75) is 44.8 Å². The highest BCUT2D eigenvalue weighted by atomic mass is 32.2. The maximum Gasteiger partial charge on any atom is 0.145 e. The molecule has 0 fully saturated rings. The molecule has 0 aliphatic rings. The summed E-state index contributed by atoms with van der Waals surface area (Å²) in [5.74, 6) is 0.674. The molecule has 2 rings (SSSR count). The zero-order valence-corrected chi connectivity index (χ0v) is 15.2. The van der Waals surface area contributed by atoms with Gasteiger partial charge in [-0.3, -0.25) is 10.1 Å². The maximum atomic E-state index is 14.2. The second-order valence-electron chi connectivity index (χ2n) is 6.58. The number of halogens is 1. The van der Waals surface area contributed by atoms with Gasteiger partial charge in [-0.1, -0.05) is 6.92 Å². The van der Waals surface area contributed by atoms with Gasteiger partial charge in [0.25, 0.3) is 0 Å². The number of aromatic nitrogens is 1. The standard InChI is InChI=1S/C18H23FN2O2S/c1-12(10-18(3,4)24(20)22)16-9-14(7-8-17(16)19)23-15-6-5-13(2)21-11-15/h5-9,11-12H,10,20H2,1-4H3/t12-,24?/m0/s1. The van der Waals surface area contributed by atoms with Crippen molar-refractivity contribution in [3.05, 3.63) is 53.6 Å². The first-order chi connectivity index (χ1) is 11.2. The van der Waals surface area contributed by atoms with E-state index in [1.165, 1.54) is 6.07 Å². The monoisotopic (exact) mass is 350 g/mol. The topological polar surface area (TPSA) is 65.2 Å². The van der Waals surface area contributed by atoms with Crippen molar-refractivity contribution < 1.29 is 13.3 Å². The predicted molar refractivity (Wildman–Crippen MR) is 94.9 cm³/mol. The number of hydrogen-bond donors (Lipinski definition) is 1. The summed E-state index contributed by atoms with van der Waals surface area (Å²) in [5.41, 5.74) is 1.42. The average molecular weight is 350 g/mol. The molecule has 1 aromatic carbocycles. The minimum atomic E-state index is -1.48. The van der Waals surface area contributed by atoms with Gasteiger partial charge < -0.3 is 4.74 Å². The Morgan fingerprint density at radius 1 is 1.29 bits per heavy atom. The minimum Gasteiger partial charge on any atom is -0.456 e. The van der Waals surface area contributed by atoms with Crippen LogP contribution in [0.15, 0.2) is 36.5 Å². The molecule has 0 amide bonds. The lowest BCUT2D eigenvalue weighted by molar-refractivity contribution is 0.470. The summed E-state index contributed by atoms with van der Waals surface area (Å²) in [6, 6.07) is 8.30. The van der Waals surface area contributed by atoms with Crippen LogP contribution in [0.25, 0.3) is 0 Å². The maximum absolute atomic E-state index is 14.2. The summed E-state index contributed by atoms with van der Waals surface area (Å²) >= 11 is 0. The first-order valence-corrected chi connectivity index (χ1v) is 8.96. The van der Waals surface area contributed by atoms with Crippen LogP contribution in [-0.2, 0) is 11.0 Å². The summed E-state index contributed by atoms with van der Waals surface area (Å²) < 4.78 is 31.0. The Balaban J connectivity index is 2.21. The van der Waals surface area contributed by atoms with Crippen molar-refractivity contribution in [3.8, 4) is 11.5 Å². The van der Waals surface area contributed by atoms with Gasteiger partial charge in [-0.15, -0.1) is 0 Å². The van der Waals surface area contributed by atoms with E-state index in [9.17, 15) is 8.60 Å². The number of ether oxygens (including phenoxy) is 1. The second-order valence-corrected chi connectivity index (χ2v) is 8.28. The highest BCUT2D eigenvalue weighted by molar-refractivity contribution is 7.84. The lowest BCUT2D eigenvalue weighted by Crippen LogP contribution is -2.33. The number of aryl methyl sites for hydroxylation is 1. The Labute approximate surface area is 144 Å².